The number of aliphatic hydroxyl groups is 1. The third kappa shape index (κ3) is 9.49. The normalized spacial score (nSPS) is 14.2. The number of carbonyl (C=O) groups excluding carboxylic acids is 3. The maximum Gasteiger partial charge on any atom is 0.408 e. The number of thioether (sulfide) groups is 1. The van der Waals surface area contributed by atoms with Gasteiger partial charge in [0.05, 0.1) is 13.2 Å². The zero-order chi connectivity index (χ0) is 22.9. The minimum atomic E-state index is -1.24. The van der Waals surface area contributed by atoms with Crippen LogP contribution in [0.1, 0.15) is 38.8 Å². The van der Waals surface area contributed by atoms with E-state index in [1.807, 2.05) is 31.2 Å². The number of hydrogen-bond donors (Lipinski definition) is 3. The summed E-state index contributed by atoms with van der Waals surface area (Å²) in [7, 11) is 1.16. The van der Waals surface area contributed by atoms with Crippen molar-refractivity contribution in [3.05, 3.63) is 35.4 Å². The largest absolute Gasteiger partial charge is 0.467 e. The molecule has 0 aliphatic carbocycles. The second-order valence-electron chi connectivity index (χ2n) is 7.95. The fourth-order valence-corrected chi connectivity index (χ4v) is 3.39. The Morgan fingerprint density at radius 1 is 1.13 bits per heavy atom. The Morgan fingerprint density at radius 2 is 1.73 bits per heavy atom. The summed E-state index contributed by atoms with van der Waals surface area (Å²) in [5.41, 5.74) is 1.51. The number of ether oxygens (including phenoxy) is 2. The van der Waals surface area contributed by atoms with Gasteiger partial charge in [-0.15, -0.1) is 0 Å². The third-order valence-corrected chi connectivity index (χ3v) is 5.02. The first-order chi connectivity index (χ1) is 13.9. The van der Waals surface area contributed by atoms with Gasteiger partial charge in [0.15, 0.2) is 6.04 Å². The van der Waals surface area contributed by atoms with E-state index in [0.29, 0.717) is 5.75 Å². The monoisotopic (exact) mass is 440 g/mol. The van der Waals surface area contributed by atoms with Crippen molar-refractivity contribution < 1.29 is 29.0 Å². The zero-order valence-electron chi connectivity index (χ0n) is 18.4. The van der Waals surface area contributed by atoms with E-state index in [1.165, 1.54) is 18.7 Å². The third-order valence-electron chi connectivity index (χ3n) is 3.92. The summed E-state index contributed by atoms with van der Waals surface area (Å²) in [6.45, 7) is 8.52. The molecule has 30 heavy (non-hydrogen) atoms. The van der Waals surface area contributed by atoms with Crippen LogP contribution in [0.4, 0.5) is 4.79 Å². The average molecular weight is 441 g/mol. The Kier molecular flexibility index (Phi) is 10.1. The highest BCUT2D eigenvalue weighted by atomic mass is 32.2. The predicted octanol–water partition coefficient (Wildman–Crippen LogP) is 2.16. The van der Waals surface area contributed by atoms with Crippen LogP contribution in [0, 0.1) is 6.92 Å². The van der Waals surface area contributed by atoms with Crippen LogP contribution in [0.3, 0.4) is 0 Å². The van der Waals surface area contributed by atoms with Crippen molar-refractivity contribution in [1.29, 1.82) is 0 Å². The Bertz CT molecular complexity index is 715. The number of hydrogen-bond acceptors (Lipinski definition) is 7. The topological polar surface area (TPSA) is 114 Å². The number of esters is 1. The number of amides is 2. The molecule has 0 unspecified atom stereocenters. The lowest BCUT2D eigenvalue weighted by Gasteiger charge is -2.25. The minimum Gasteiger partial charge on any atom is -0.467 e. The number of rotatable bonds is 9. The van der Waals surface area contributed by atoms with Crippen LogP contribution < -0.4 is 10.6 Å². The van der Waals surface area contributed by atoms with Gasteiger partial charge in [-0.1, -0.05) is 29.8 Å². The van der Waals surface area contributed by atoms with Crippen LogP contribution in [0.2, 0.25) is 0 Å². The molecule has 168 valence electrons. The van der Waals surface area contributed by atoms with E-state index in [9.17, 15) is 19.5 Å². The molecule has 0 saturated heterocycles. The first-order valence-corrected chi connectivity index (χ1v) is 10.8. The molecule has 3 atom stereocenters. The SMILES string of the molecule is COC(=O)[C@@H](NC(=O)[C@H](CSCc1ccc(C)cc1)NC(=O)OC(C)(C)C)[C@@H](C)O. The molecule has 9 heteroatoms. The van der Waals surface area contributed by atoms with Gasteiger partial charge in [0.2, 0.25) is 5.91 Å². The number of carbonyl (C=O) groups is 3. The molecule has 0 aromatic heterocycles. The number of benzene rings is 1. The summed E-state index contributed by atoms with van der Waals surface area (Å²) in [4.78, 5) is 36.8. The van der Waals surface area contributed by atoms with Crippen molar-refractivity contribution in [2.75, 3.05) is 12.9 Å². The van der Waals surface area contributed by atoms with Gasteiger partial charge in [0.1, 0.15) is 11.6 Å². The van der Waals surface area contributed by atoms with E-state index in [0.717, 1.165) is 18.2 Å². The highest BCUT2D eigenvalue weighted by molar-refractivity contribution is 7.98. The maximum atomic E-state index is 12.8. The molecule has 8 nitrogen and oxygen atoms in total. The summed E-state index contributed by atoms with van der Waals surface area (Å²) < 4.78 is 9.86. The molecular weight excluding hydrogens is 408 g/mol. The summed E-state index contributed by atoms with van der Waals surface area (Å²) in [5.74, 6) is -0.515. The van der Waals surface area contributed by atoms with Crippen molar-refractivity contribution in [3.63, 3.8) is 0 Å². The Balaban J connectivity index is 2.84. The number of aryl methyl sites for hydroxylation is 1. The maximum absolute atomic E-state index is 12.8. The van der Waals surface area contributed by atoms with Crippen LogP contribution >= 0.6 is 11.8 Å². The second kappa shape index (κ2) is 11.8. The fourth-order valence-electron chi connectivity index (χ4n) is 2.37. The lowest BCUT2D eigenvalue weighted by molar-refractivity contribution is -0.148. The summed E-state index contributed by atoms with van der Waals surface area (Å²) >= 11 is 1.45. The first-order valence-electron chi connectivity index (χ1n) is 9.62. The molecular formula is C21H32N2O6S. The standard InChI is InChI=1S/C21H32N2O6S/c1-13-7-9-15(10-8-13)11-30-12-16(22-20(27)29-21(3,4)5)18(25)23-17(14(2)24)19(26)28-6/h7-10,14,16-17,24H,11-12H2,1-6H3,(H,22,27)(H,23,25)/t14-,16+,17+/m1/s1. The molecule has 1 rings (SSSR count). The molecule has 0 radical (unpaired) electrons. The van der Waals surface area contributed by atoms with Crippen LogP contribution in [0.5, 0.6) is 0 Å². The van der Waals surface area contributed by atoms with Gasteiger partial charge in [-0.05, 0) is 40.2 Å². The van der Waals surface area contributed by atoms with Crippen LogP contribution in [-0.2, 0) is 24.8 Å². The van der Waals surface area contributed by atoms with Crippen molar-refractivity contribution >= 4 is 29.7 Å². The van der Waals surface area contributed by atoms with Gasteiger partial charge in [-0.2, -0.15) is 11.8 Å². The number of nitrogens with one attached hydrogen (secondary N) is 2. The Hall–Kier alpha value is -2.26. The molecule has 0 spiro atoms. The Morgan fingerprint density at radius 3 is 2.23 bits per heavy atom. The van der Waals surface area contributed by atoms with Gasteiger partial charge in [-0.25, -0.2) is 9.59 Å². The molecule has 0 aliphatic rings. The summed E-state index contributed by atoms with van der Waals surface area (Å²) in [6.07, 6.45) is -1.91. The van der Waals surface area contributed by atoms with E-state index in [2.05, 4.69) is 15.4 Å². The summed E-state index contributed by atoms with van der Waals surface area (Å²) in [5, 5.41) is 14.8. The molecule has 3 N–H and O–H groups in total. The fraction of sp³-hybridized carbons (Fsp3) is 0.571. The van der Waals surface area contributed by atoms with Gasteiger partial charge in [-0.3, -0.25) is 4.79 Å². The highest BCUT2D eigenvalue weighted by Gasteiger charge is 2.31. The van der Waals surface area contributed by atoms with Gasteiger partial charge in [0, 0.05) is 11.5 Å². The van der Waals surface area contributed by atoms with Crippen LogP contribution in [0.15, 0.2) is 24.3 Å². The highest BCUT2D eigenvalue weighted by Crippen LogP contribution is 2.15. The van der Waals surface area contributed by atoms with Crippen molar-refractivity contribution in [2.45, 2.75) is 64.2 Å². The van der Waals surface area contributed by atoms with E-state index in [-0.39, 0.29) is 5.75 Å². The van der Waals surface area contributed by atoms with Crippen molar-refractivity contribution in [2.24, 2.45) is 0 Å². The van der Waals surface area contributed by atoms with E-state index in [1.54, 1.807) is 20.8 Å². The van der Waals surface area contributed by atoms with E-state index < -0.39 is 41.8 Å². The van der Waals surface area contributed by atoms with Gasteiger partial charge < -0.3 is 25.2 Å². The number of methoxy groups -OCH3 is 1. The summed E-state index contributed by atoms with van der Waals surface area (Å²) in [6, 6.07) is 5.79. The van der Waals surface area contributed by atoms with Crippen molar-refractivity contribution in [3.8, 4) is 0 Å². The molecule has 0 aliphatic heterocycles. The van der Waals surface area contributed by atoms with Crippen molar-refractivity contribution in [1.82, 2.24) is 10.6 Å². The second-order valence-corrected chi connectivity index (χ2v) is 8.98. The minimum absolute atomic E-state index is 0.243. The van der Waals surface area contributed by atoms with Crippen LogP contribution in [0.25, 0.3) is 0 Å². The van der Waals surface area contributed by atoms with E-state index >= 15 is 0 Å². The van der Waals surface area contributed by atoms with Crippen LogP contribution in [-0.4, -0.2) is 59.7 Å². The molecule has 0 bridgehead atoms. The predicted molar refractivity (Wildman–Crippen MR) is 116 cm³/mol. The first kappa shape index (κ1) is 25.8. The zero-order valence-corrected chi connectivity index (χ0v) is 19.2. The average Bonchev–Trinajstić information content (AvgIpc) is 2.64. The van der Waals surface area contributed by atoms with Gasteiger partial charge >= 0.3 is 12.1 Å². The molecule has 2 amide bonds. The lowest BCUT2D eigenvalue weighted by atomic mass is 10.1. The quantitative estimate of drug-likeness (QED) is 0.504. The molecule has 0 heterocycles. The molecule has 1 aromatic carbocycles. The Labute approximate surface area is 182 Å². The molecule has 1 aromatic rings. The smallest absolute Gasteiger partial charge is 0.408 e. The van der Waals surface area contributed by atoms with Gasteiger partial charge in [0.25, 0.3) is 0 Å². The lowest BCUT2D eigenvalue weighted by Crippen LogP contribution is -2.56. The molecule has 0 fully saturated rings. The van der Waals surface area contributed by atoms with E-state index in [4.69, 9.17) is 4.74 Å². The number of aliphatic hydroxyl groups excluding tert-OH is 1. The molecule has 0 saturated carbocycles. The number of alkyl carbamates (subject to hydrolysis) is 1.